The van der Waals surface area contributed by atoms with Gasteiger partial charge in [0.25, 0.3) is 0 Å². The third-order valence-corrected chi connectivity index (χ3v) is 2.74. The van der Waals surface area contributed by atoms with E-state index in [-0.39, 0.29) is 5.91 Å². The topological polar surface area (TPSA) is 29.5 Å². The largest absolute Gasteiger partial charge is 0.494 e. The standard InChI is InChI=1S/C16H23NO2/c1-4-6-7-8-13-17(14(3)18)15-9-11-16(12-10-15)19-5-2/h8-13H,4-7H2,1-3H3/b13-8+. The van der Waals surface area contributed by atoms with E-state index < -0.39 is 0 Å². The average molecular weight is 261 g/mol. The lowest BCUT2D eigenvalue weighted by molar-refractivity contribution is -0.116. The molecule has 0 N–H and O–H groups in total. The molecule has 0 aromatic heterocycles. The maximum Gasteiger partial charge on any atom is 0.227 e. The second-order valence-corrected chi connectivity index (χ2v) is 4.34. The van der Waals surface area contributed by atoms with Gasteiger partial charge in [-0.05, 0) is 37.6 Å². The van der Waals surface area contributed by atoms with Gasteiger partial charge in [-0.3, -0.25) is 9.69 Å². The van der Waals surface area contributed by atoms with Gasteiger partial charge in [-0.2, -0.15) is 0 Å². The second-order valence-electron chi connectivity index (χ2n) is 4.34. The summed E-state index contributed by atoms with van der Waals surface area (Å²) in [7, 11) is 0. The fourth-order valence-electron chi connectivity index (χ4n) is 1.74. The molecule has 1 amide bonds. The van der Waals surface area contributed by atoms with Crippen molar-refractivity contribution in [2.24, 2.45) is 0 Å². The van der Waals surface area contributed by atoms with Crippen LogP contribution in [0.5, 0.6) is 5.75 Å². The Bertz CT molecular complexity index is 409. The van der Waals surface area contributed by atoms with Crippen molar-refractivity contribution in [3.05, 3.63) is 36.5 Å². The molecule has 0 spiro atoms. The molecule has 1 aromatic carbocycles. The number of allylic oxidation sites excluding steroid dienone is 1. The van der Waals surface area contributed by atoms with Gasteiger partial charge in [-0.25, -0.2) is 0 Å². The molecule has 0 unspecified atom stereocenters. The molecule has 3 nitrogen and oxygen atoms in total. The van der Waals surface area contributed by atoms with Gasteiger partial charge in [0.2, 0.25) is 5.91 Å². The van der Waals surface area contributed by atoms with Gasteiger partial charge in [0.05, 0.1) is 6.61 Å². The van der Waals surface area contributed by atoms with Crippen LogP contribution >= 0.6 is 0 Å². The summed E-state index contributed by atoms with van der Waals surface area (Å²) in [6.07, 6.45) is 7.20. The Morgan fingerprint density at radius 2 is 1.95 bits per heavy atom. The monoisotopic (exact) mass is 261 g/mol. The zero-order valence-electron chi connectivity index (χ0n) is 12.1. The van der Waals surface area contributed by atoms with E-state index in [1.54, 1.807) is 11.8 Å². The summed E-state index contributed by atoms with van der Waals surface area (Å²) in [5.74, 6) is 0.835. The smallest absolute Gasteiger partial charge is 0.227 e. The number of amides is 1. The van der Waals surface area contributed by atoms with Crippen LogP contribution in [-0.4, -0.2) is 12.5 Å². The summed E-state index contributed by atoms with van der Waals surface area (Å²) in [4.78, 5) is 13.3. The minimum absolute atomic E-state index is 0.0110. The highest BCUT2D eigenvalue weighted by atomic mass is 16.5. The quantitative estimate of drug-likeness (QED) is 0.690. The van der Waals surface area contributed by atoms with E-state index in [2.05, 4.69) is 6.92 Å². The van der Waals surface area contributed by atoms with E-state index in [9.17, 15) is 4.79 Å². The van der Waals surface area contributed by atoms with Gasteiger partial charge < -0.3 is 4.74 Å². The van der Waals surface area contributed by atoms with E-state index in [0.717, 1.165) is 30.7 Å². The Hall–Kier alpha value is -1.77. The fourth-order valence-corrected chi connectivity index (χ4v) is 1.74. The number of hydrogen-bond donors (Lipinski definition) is 0. The van der Waals surface area contributed by atoms with Gasteiger partial charge in [0, 0.05) is 18.8 Å². The summed E-state index contributed by atoms with van der Waals surface area (Å²) in [6.45, 7) is 6.32. The molecule has 0 bridgehead atoms. The normalized spacial score (nSPS) is 10.7. The van der Waals surface area contributed by atoms with Crippen LogP contribution in [0.4, 0.5) is 5.69 Å². The van der Waals surface area contributed by atoms with E-state index in [1.165, 1.54) is 0 Å². The first kappa shape index (κ1) is 15.3. The molecule has 1 rings (SSSR count). The summed E-state index contributed by atoms with van der Waals surface area (Å²) < 4.78 is 5.39. The van der Waals surface area contributed by atoms with Crippen molar-refractivity contribution in [3.8, 4) is 5.75 Å². The van der Waals surface area contributed by atoms with Crippen LogP contribution in [0.1, 0.15) is 40.0 Å². The average Bonchev–Trinajstić information content (AvgIpc) is 2.40. The molecule has 0 heterocycles. The van der Waals surface area contributed by atoms with Crippen LogP contribution in [0.3, 0.4) is 0 Å². The number of benzene rings is 1. The molecule has 0 saturated heterocycles. The van der Waals surface area contributed by atoms with Crippen molar-refractivity contribution in [2.75, 3.05) is 11.5 Å². The highest BCUT2D eigenvalue weighted by Crippen LogP contribution is 2.20. The summed E-state index contributed by atoms with van der Waals surface area (Å²) >= 11 is 0. The highest BCUT2D eigenvalue weighted by molar-refractivity contribution is 5.93. The number of carbonyl (C=O) groups is 1. The molecule has 0 atom stereocenters. The molecular formula is C16H23NO2. The lowest BCUT2D eigenvalue weighted by atomic mass is 10.2. The minimum Gasteiger partial charge on any atom is -0.494 e. The van der Waals surface area contributed by atoms with Crippen LogP contribution in [-0.2, 0) is 4.79 Å². The molecule has 3 heteroatoms. The maximum atomic E-state index is 11.7. The SMILES string of the molecule is CCCC/C=C/N(C(C)=O)c1ccc(OCC)cc1. The molecular weight excluding hydrogens is 238 g/mol. The lowest BCUT2D eigenvalue weighted by Gasteiger charge is -2.17. The second kappa shape index (κ2) is 8.35. The van der Waals surface area contributed by atoms with Gasteiger partial charge in [0.15, 0.2) is 0 Å². The number of unbranched alkanes of at least 4 members (excludes halogenated alkanes) is 2. The molecule has 1 aromatic rings. The van der Waals surface area contributed by atoms with Gasteiger partial charge in [0.1, 0.15) is 5.75 Å². The van der Waals surface area contributed by atoms with Gasteiger partial charge >= 0.3 is 0 Å². The van der Waals surface area contributed by atoms with Crippen molar-refractivity contribution >= 4 is 11.6 Å². The molecule has 0 radical (unpaired) electrons. The van der Waals surface area contributed by atoms with Crippen molar-refractivity contribution in [1.82, 2.24) is 0 Å². The Kier molecular flexibility index (Phi) is 6.72. The van der Waals surface area contributed by atoms with Crippen LogP contribution < -0.4 is 9.64 Å². The van der Waals surface area contributed by atoms with Crippen molar-refractivity contribution < 1.29 is 9.53 Å². The van der Waals surface area contributed by atoms with Crippen LogP contribution in [0.2, 0.25) is 0 Å². The fraction of sp³-hybridized carbons (Fsp3) is 0.438. The number of nitrogens with zero attached hydrogens (tertiary/aromatic N) is 1. The number of ether oxygens (including phenoxy) is 1. The zero-order chi connectivity index (χ0) is 14.1. The molecule has 0 aliphatic carbocycles. The van der Waals surface area contributed by atoms with Gasteiger partial charge in [-0.1, -0.05) is 25.8 Å². The van der Waals surface area contributed by atoms with E-state index >= 15 is 0 Å². The van der Waals surface area contributed by atoms with Crippen LogP contribution in [0.15, 0.2) is 36.5 Å². The third kappa shape index (κ3) is 5.16. The molecule has 19 heavy (non-hydrogen) atoms. The Labute approximate surface area is 115 Å². The van der Waals surface area contributed by atoms with Crippen LogP contribution in [0.25, 0.3) is 0 Å². The van der Waals surface area contributed by atoms with E-state index in [1.807, 2.05) is 43.5 Å². The minimum atomic E-state index is 0.0110. The summed E-state index contributed by atoms with van der Waals surface area (Å²) in [5.41, 5.74) is 0.865. The predicted octanol–water partition coefficient (Wildman–Crippen LogP) is 4.14. The first-order chi connectivity index (χ1) is 9.19. The molecule has 0 aliphatic heterocycles. The third-order valence-electron chi connectivity index (χ3n) is 2.74. The van der Waals surface area contributed by atoms with E-state index in [4.69, 9.17) is 4.74 Å². The summed E-state index contributed by atoms with van der Waals surface area (Å²) in [5, 5.41) is 0. The van der Waals surface area contributed by atoms with E-state index in [0.29, 0.717) is 6.61 Å². The van der Waals surface area contributed by atoms with Crippen molar-refractivity contribution in [2.45, 2.75) is 40.0 Å². The Morgan fingerprint density at radius 3 is 2.47 bits per heavy atom. The number of rotatable bonds is 7. The maximum absolute atomic E-state index is 11.7. The molecule has 0 aliphatic rings. The first-order valence-electron chi connectivity index (χ1n) is 6.88. The van der Waals surface area contributed by atoms with Gasteiger partial charge in [-0.15, -0.1) is 0 Å². The number of anilines is 1. The van der Waals surface area contributed by atoms with Crippen molar-refractivity contribution in [1.29, 1.82) is 0 Å². The molecule has 0 fully saturated rings. The van der Waals surface area contributed by atoms with Crippen LogP contribution in [0, 0.1) is 0 Å². The number of carbonyl (C=O) groups excluding carboxylic acids is 1. The highest BCUT2D eigenvalue weighted by Gasteiger charge is 2.07. The summed E-state index contributed by atoms with van der Waals surface area (Å²) in [6, 6.07) is 7.57. The Balaban J connectivity index is 2.75. The lowest BCUT2D eigenvalue weighted by Crippen LogP contribution is -2.21. The van der Waals surface area contributed by atoms with Crippen molar-refractivity contribution in [3.63, 3.8) is 0 Å². The predicted molar refractivity (Wildman–Crippen MR) is 79.4 cm³/mol. The Morgan fingerprint density at radius 1 is 1.26 bits per heavy atom. The first-order valence-corrected chi connectivity index (χ1v) is 6.88. The number of hydrogen-bond acceptors (Lipinski definition) is 2. The zero-order valence-corrected chi connectivity index (χ0v) is 12.1. The molecule has 104 valence electrons. The molecule has 0 saturated carbocycles.